The highest BCUT2D eigenvalue weighted by atomic mass is 32.1. The first-order chi connectivity index (χ1) is 13.7. The van der Waals surface area contributed by atoms with Crippen LogP contribution in [-0.4, -0.2) is 22.5 Å². The Morgan fingerprint density at radius 1 is 1.14 bits per heavy atom. The normalized spacial score (nSPS) is 12.5. The van der Waals surface area contributed by atoms with Crippen molar-refractivity contribution in [1.82, 2.24) is 9.78 Å². The van der Waals surface area contributed by atoms with Gasteiger partial charge in [0.25, 0.3) is 5.91 Å². The van der Waals surface area contributed by atoms with Crippen molar-refractivity contribution in [3.8, 4) is 11.5 Å². The number of carbonyl (C=O) groups is 1. The van der Waals surface area contributed by atoms with E-state index in [-0.39, 0.29) is 12.7 Å². The molecule has 1 amide bonds. The average molecular weight is 391 g/mol. The van der Waals surface area contributed by atoms with Crippen LogP contribution in [-0.2, 0) is 6.54 Å². The van der Waals surface area contributed by atoms with Crippen LogP contribution in [0.5, 0.6) is 11.5 Å². The zero-order valence-electron chi connectivity index (χ0n) is 15.1. The molecule has 0 atom stereocenters. The molecule has 0 unspecified atom stereocenters. The van der Waals surface area contributed by atoms with E-state index in [1.807, 2.05) is 35.9 Å². The van der Waals surface area contributed by atoms with Crippen molar-refractivity contribution in [3.63, 3.8) is 0 Å². The largest absolute Gasteiger partial charge is 0.454 e. The maximum Gasteiger partial charge on any atom is 0.265 e. The summed E-state index contributed by atoms with van der Waals surface area (Å²) < 4.78 is 12.6. The number of nitrogens with zero attached hydrogens (tertiary/aromatic N) is 2. The van der Waals surface area contributed by atoms with Gasteiger partial charge in [0.15, 0.2) is 11.5 Å². The summed E-state index contributed by atoms with van der Waals surface area (Å²) in [4.78, 5) is 14.4. The summed E-state index contributed by atoms with van der Waals surface area (Å²) >= 11 is 1.45. The number of rotatable bonds is 4. The second-order valence-corrected chi connectivity index (χ2v) is 7.61. The number of hydrogen-bond acceptors (Lipinski definition) is 5. The van der Waals surface area contributed by atoms with Gasteiger partial charge in [-0.2, -0.15) is 5.10 Å². The fourth-order valence-electron chi connectivity index (χ4n) is 3.26. The van der Waals surface area contributed by atoms with Crippen molar-refractivity contribution in [2.45, 2.75) is 13.5 Å². The van der Waals surface area contributed by atoms with Crippen molar-refractivity contribution in [2.24, 2.45) is 0 Å². The third kappa shape index (κ3) is 2.99. The van der Waals surface area contributed by atoms with E-state index in [4.69, 9.17) is 9.47 Å². The van der Waals surface area contributed by atoms with E-state index in [1.54, 1.807) is 18.2 Å². The van der Waals surface area contributed by atoms with Crippen LogP contribution in [0.4, 0.5) is 5.69 Å². The number of hydrogen-bond donors (Lipinski definition) is 1. The van der Waals surface area contributed by atoms with Crippen molar-refractivity contribution >= 4 is 33.1 Å². The molecule has 0 radical (unpaired) electrons. The average Bonchev–Trinajstić information content (AvgIpc) is 3.40. The Morgan fingerprint density at radius 3 is 2.82 bits per heavy atom. The molecule has 2 aromatic heterocycles. The van der Waals surface area contributed by atoms with Gasteiger partial charge >= 0.3 is 0 Å². The van der Waals surface area contributed by atoms with Crippen LogP contribution >= 0.6 is 11.3 Å². The number of nitrogens with one attached hydrogen (secondary N) is 1. The molecule has 0 saturated carbocycles. The summed E-state index contributed by atoms with van der Waals surface area (Å²) in [5.41, 5.74) is 2.77. The van der Waals surface area contributed by atoms with Gasteiger partial charge in [-0.1, -0.05) is 30.3 Å². The van der Waals surface area contributed by atoms with Gasteiger partial charge < -0.3 is 14.8 Å². The zero-order chi connectivity index (χ0) is 19.1. The zero-order valence-corrected chi connectivity index (χ0v) is 16.0. The fraction of sp³-hybridized carbons (Fsp3) is 0.143. The van der Waals surface area contributed by atoms with Gasteiger partial charge in [0.1, 0.15) is 4.83 Å². The Kier molecular flexibility index (Phi) is 4.02. The minimum Gasteiger partial charge on any atom is -0.454 e. The number of aromatic nitrogens is 2. The highest BCUT2D eigenvalue weighted by Crippen LogP contribution is 2.35. The highest BCUT2D eigenvalue weighted by Gasteiger charge is 2.18. The SMILES string of the molecule is Cc1nn(Cc2ccccc2)c2sc(C(=O)Nc3ccc4c(c3)OCO4)cc12. The van der Waals surface area contributed by atoms with Crippen molar-refractivity contribution in [2.75, 3.05) is 12.1 Å². The van der Waals surface area contributed by atoms with Crippen molar-refractivity contribution < 1.29 is 14.3 Å². The van der Waals surface area contributed by atoms with Gasteiger partial charge in [-0.15, -0.1) is 11.3 Å². The molecule has 0 spiro atoms. The number of amides is 1. The van der Waals surface area contributed by atoms with Crippen molar-refractivity contribution in [3.05, 3.63) is 70.7 Å². The lowest BCUT2D eigenvalue weighted by Gasteiger charge is -2.05. The monoisotopic (exact) mass is 391 g/mol. The quantitative estimate of drug-likeness (QED) is 0.559. The maximum atomic E-state index is 12.8. The lowest BCUT2D eigenvalue weighted by molar-refractivity contribution is 0.103. The standard InChI is InChI=1S/C21H17N3O3S/c1-13-16-10-19(20(25)22-15-7-8-17-18(9-15)27-12-26-17)28-21(16)24(23-13)11-14-5-3-2-4-6-14/h2-10H,11-12H2,1H3,(H,22,25). The number of fused-ring (bicyclic) bond motifs is 2. The van der Waals surface area contributed by atoms with Crippen LogP contribution in [0.1, 0.15) is 20.9 Å². The second kappa shape index (κ2) is 6.69. The fourth-order valence-corrected chi connectivity index (χ4v) is 4.31. The van der Waals surface area contributed by atoms with Gasteiger partial charge in [-0.25, -0.2) is 0 Å². The number of aryl methyl sites for hydroxylation is 1. The molecule has 1 aliphatic rings. The van der Waals surface area contributed by atoms with Gasteiger partial charge in [0.05, 0.1) is 17.1 Å². The summed E-state index contributed by atoms with van der Waals surface area (Å²) in [6.07, 6.45) is 0. The summed E-state index contributed by atoms with van der Waals surface area (Å²) in [5.74, 6) is 1.19. The Hall–Kier alpha value is -3.32. The molecule has 1 aliphatic heterocycles. The Morgan fingerprint density at radius 2 is 1.96 bits per heavy atom. The number of carbonyl (C=O) groups excluding carboxylic acids is 1. The molecule has 7 heteroatoms. The van der Waals surface area contributed by atoms with Crippen LogP contribution < -0.4 is 14.8 Å². The molecular formula is C21H17N3O3S. The number of thiophene rings is 1. The van der Waals surface area contributed by atoms with E-state index in [9.17, 15) is 4.79 Å². The Bertz CT molecular complexity index is 1180. The first kappa shape index (κ1) is 16.8. The van der Waals surface area contributed by atoms with E-state index in [0.717, 1.165) is 15.9 Å². The minimum atomic E-state index is -0.147. The molecule has 2 aromatic carbocycles. The second-order valence-electron chi connectivity index (χ2n) is 6.58. The van der Waals surface area contributed by atoms with Crippen LogP contribution in [0.15, 0.2) is 54.6 Å². The minimum absolute atomic E-state index is 0.147. The first-order valence-corrected chi connectivity index (χ1v) is 9.71. The van der Waals surface area contributed by atoms with Crippen LogP contribution in [0, 0.1) is 6.92 Å². The topological polar surface area (TPSA) is 65.4 Å². The van der Waals surface area contributed by atoms with Gasteiger partial charge in [0, 0.05) is 17.1 Å². The molecule has 0 bridgehead atoms. The lowest BCUT2D eigenvalue weighted by Crippen LogP contribution is -2.10. The third-order valence-corrected chi connectivity index (χ3v) is 5.78. The summed E-state index contributed by atoms with van der Waals surface area (Å²) in [6, 6.07) is 17.5. The smallest absolute Gasteiger partial charge is 0.265 e. The Labute approximate surface area is 165 Å². The Balaban J connectivity index is 1.41. The molecule has 0 fully saturated rings. The molecule has 140 valence electrons. The molecule has 4 aromatic rings. The molecule has 5 rings (SSSR count). The maximum absolute atomic E-state index is 12.8. The molecular weight excluding hydrogens is 374 g/mol. The summed E-state index contributed by atoms with van der Waals surface area (Å²) in [6.45, 7) is 2.85. The molecule has 0 saturated heterocycles. The van der Waals surface area contributed by atoms with Crippen LogP contribution in [0.3, 0.4) is 0 Å². The molecule has 3 heterocycles. The highest BCUT2D eigenvalue weighted by molar-refractivity contribution is 7.20. The van der Waals surface area contributed by atoms with Gasteiger partial charge in [-0.3, -0.25) is 9.48 Å². The van der Waals surface area contributed by atoms with Gasteiger partial charge in [-0.05, 0) is 30.7 Å². The number of benzene rings is 2. The first-order valence-electron chi connectivity index (χ1n) is 8.89. The van der Waals surface area contributed by atoms with E-state index in [1.165, 1.54) is 16.9 Å². The third-order valence-electron chi connectivity index (χ3n) is 4.64. The van der Waals surface area contributed by atoms with E-state index >= 15 is 0 Å². The summed E-state index contributed by atoms with van der Waals surface area (Å²) in [7, 11) is 0. The molecule has 1 N–H and O–H groups in total. The number of ether oxygens (including phenoxy) is 2. The molecule has 28 heavy (non-hydrogen) atoms. The molecule has 6 nitrogen and oxygen atoms in total. The lowest BCUT2D eigenvalue weighted by atomic mass is 10.2. The van der Waals surface area contributed by atoms with Crippen LogP contribution in [0.2, 0.25) is 0 Å². The number of anilines is 1. The predicted molar refractivity (Wildman–Crippen MR) is 108 cm³/mol. The van der Waals surface area contributed by atoms with Crippen molar-refractivity contribution in [1.29, 1.82) is 0 Å². The van der Waals surface area contributed by atoms with E-state index in [2.05, 4.69) is 22.5 Å². The summed E-state index contributed by atoms with van der Waals surface area (Å²) in [5, 5.41) is 8.58. The predicted octanol–water partition coefficient (Wildman–Crippen LogP) is 4.44. The van der Waals surface area contributed by atoms with E-state index in [0.29, 0.717) is 28.6 Å². The van der Waals surface area contributed by atoms with E-state index < -0.39 is 0 Å². The van der Waals surface area contributed by atoms with Gasteiger partial charge in [0.2, 0.25) is 6.79 Å². The molecule has 0 aliphatic carbocycles. The van der Waals surface area contributed by atoms with Crippen LogP contribution in [0.25, 0.3) is 10.2 Å².